The van der Waals surface area contributed by atoms with Crippen LogP contribution in [0.2, 0.25) is 0 Å². The van der Waals surface area contributed by atoms with E-state index >= 15 is 0 Å². The summed E-state index contributed by atoms with van der Waals surface area (Å²) in [6, 6.07) is 11.3. The number of nitro benzene ring substituents is 1. The fourth-order valence-electron chi connectivity index (χ4n) is 2.93. The van der Waals surface area contributed by atoms with Gasteiger partial charge >= 0.3 is 0 Å². The van der Waals surface area contributed by atoms with E-state index in [0.29, 0.717) is 22.5 Å². The van der Waals surface area contributed by atoms with Gasteiger partial charge in [-0.25, -0.2) is 0 Å². The number of nitro groups is 1. The molecule has 118 valence electrons. The summed E-state index contributed by atoms with van der Waals surface area (Å²) >= 11 is 0. The highest BCUT2D eigenvalue weighted by Crippen LogP contribution is 2.40. The smallest absolute Gasteiger partial charge is 0.271 e. The van der Waals surface area contributed by atoms with Crippen LogP contribution in [-0.2, 0) is 4.79 Å². The number of amides is 1. The van der Waals surface area contributed by atoms with Crippen molar-refractivity contribution < 1.29 is 14.9 Å². The Labute approximate surface area is 135 Å². The van der Waals surface area contributed by atoms with E-state index in [9.17, 15) is 20.1 Å². The lowest BCUT2D eigenvalue weighted by Gasteiger charge is -2.05. The van der Waals surface area contributed by atoms with Crippen LogP contribution < -0.4 is 10.6 Å². The Morgan fingerprint density at radius 3 is 2.58 bits per heavy atom. The van der Waals surface area contributed by atoms with E-state index in [1.165, 1.54) is 18.2 Å². The third-order valence-electron chi connectivity index (χ3n) is 3.99. The molecule has 0 atom stereocenters. The largest absolute Gasteiger partial charge is 0.410 e. The second kappa shape index (κ2) is 4.92. The number of fused-ring (bicyclic) bond motifs is 2. The molecular formula is C16H10N4O4. The second-order valence-electron chi connectivity index (χ2n) is 5.31. The first-order chi connectivity index (χ1) is 11.6. The molecular weight excluding hydrogens is 312 g/mol. The monoisotopic (exact) mass is 322 g/mol. The Hall–Kier alpha value is -3.68. The predicted molar refractivity (Wildman–Crippen MR) is 87.0 cm³/mol. The van der Waals surface area contributed by atoms with E-state index < -0.39 is 10.8 Å². The second-order valence-corrected chi connectivity index (χ2v) is 5.31. The molecule has 0 saturated carbocycles. The molecule has 0 fully saturated rings. The molecule has 0 radical (unpaired) electrons. The molecule has 1 amide bonds. The molecule has 8 nitrogen and oxygen atoms in total. The van der Waals surface area contributed by atoms with Crippen molar-refractivity contribution in [3.8, 4) is 0 Å². The Bertz CT molecular complexity index is 978. The summed E-state index contributed by atoms with van der Waals surface area (Å²) in [5.41, 5.74) is 3.05. The van der Waals surface area contributed by atoms with Gasteiger partial charge in [-0.2, -0.15) is 0 Å². The minimum absolute atomic E-state index is 0.112. The Morgan fingerprint density at radius 2 is 1.83 bits per heavy atom. The van der Waals surface area contributed by atoms with Gasteiger partial charge in [-0.1, -0.05) is 23.4 Å². The summed E-state index contributed by atoms with van der Waals surface area (Å²) in [6.45, 7) is 0. The molecule has 0 aliphatic carbocycles. The summed E-state index contributed by atoms with van der Waals surface area (Å²) in [7, 11) is 0. The molecule has 8 heteroatoms. The number of benzene rings is 2. The van der Waals surface area contributed by atoms with E-state index in [2.05, 4.69) is 15.8 Å². The van der Waals surface area contributed by atoms with Crippen LogP contribution >= 0.6 is 0 Å². The highest BCUT2D eigenvalue weighted by molar-refractivity contribution is 6.39. The highest BCUT2D eigenvalue weighted by Gasteiger charge is 2.34. The number of carbonyl (C=O) groups is 1. The van der Waals surface area contributed by atoms with Crippen molar-refractivity contribution in [3.63, 3.8) is 0 Å². The standard InChI is InChI=1S/C16H10N4O4/c21-16-13(9-6-5-8(20(23)24)7-12(9)18-16)15-14(19-22)10-3-1-2-4-11(10)17-15/h1-7,17,22H,(H,18,21)/b15-13-,19-14+. The first-order valence-electron chi connectivity index (χ1n) is 7.03. The number of para-hydroxylation sites is 1. The molecule has 2 aliphatic heterocycles. The van der Waals surface area contributed by atoms with Crippen LogP contribution in [0, 0.1) is 10.1 Å². The van der Waals surface area contributed by atoms with Gasteiger partial charge in [-0.3, -0.25) is 14.9 Å². The highest BCUT2D eigenvalue weighted by atomic mass is 16.6. The zero-order valence-electron chi connectivity index (χ0n) is 12.1. The van der Waals surface area contributed by atoms with Gasteiger partial charge in [0.15, 0.2) is 0 Å². The molecule has 0 bridgehead atoms. The van der Waals surface area contributed by atoms with Crippen LogP contribution in [0.5, 0.6) is 0 Å². The molecule has 3 N–H and O–H groups in total. The summed E-state index contributed by atoms with van der Waals surface area (Å²) in [5.74, 6) is -0.415. The van der Waals surface area contributed by atoms with Crippen molar-refractivity contribution in [2.24, 2.45) is 5.16 Å². The molecule has 0 saturated heterocycles. The van der Waals surface area contributed by atoms with Gasteiger partial charge in [0.2, 0.25) is 0 Å². The SMILES string of the molecule is O=C1Nc2cc([N+](=O)[O-])ccc2/C1=C1/Nc2ccccc2/C1=N\O. The van der Waals surface area contributed by atoms with Gasteiger partial charge < -0.3 is 15.8 Å². The summed E-state index contributed by atoms with van der Waals surface area (Å²) in [4.78, 5) is 22.8. The molecule has 24 heavy (non-hydrogen) atoms. The van der Waals surface area contributed by atoms with Crippen LogP contribution in [0.15, 0.2) is 53.3 Å². The Kier molecular flexibility index (Phi) is 2.86. The number of oxime groups is 1. The Morgan fingerprint density at radius 1 is 1.04 bits per heavy atom. The lowest BCUT2D eigenvalue weighted by Crippen LogP contribution is -2.12. The quantitative estimate of drug-likeness (QED) is 0.323. The van der Waals surface area contributed by atoms with Crippen molar-refractivity contribution in [1.82, 2.24) is 0 Å². The number of nitrogens with one attached hydrogen (secondary N) is 2. The first kappa shape index (κ1) is 13.9. The van der Waals surface area contributed by atoms with E-state index in [1.54, 1.807) is 18.2 Å². The third kappa shape index (κ3) is 1.86. The molecule has 0 unspecified atom stereocenters. The maximum atomic E-state index is 12.4. The van der Waals surface area contributed by atoms with Gasteiger partial charge in [0.05, 0.1) is 21.9 Å². The number of carbonyl (C=O) groups excluding carboxylic acids is 1. The zero-order valence-corrected chi connectivity index (χ0v) is 12.1. The van der Waals surface area contributed by atoms with Crippen LogP contribution in [0.3, 0.4) is 0 Å². The average Bonchev–Trinajstić information content (AvgIpc) is 3.09. The minimum atomic E-state index is -0.526. The fraction of sp³-hybridized carbons (Fsp3) is 0. The van der Waals surface area contributed by atoms with Crippen molar-refractivity contribution in [1.29, 1.82) is 0 Å². The van der Waals surface area contributed by atoms with Crippen molar-refractivity contribution in [2.45, 2.75) is 0 Å². The summed E-state index contributed by atoms with van der Waals surface area (Å²) < 4.78 is 0. The number of non-ortho nitro benzene ring substituents is 1. The van der Waals surface area contributed by atoms with Gasteiger partial charge in [0, 0.05) is 28.9 Å². The minimum Gasteiger partial charge on any atom is -0.410 e. The van der Waals surface area contributed by atoms with Gasteiger partial charge in [0.1, 0.15) is 5.71 Å². The lowest BCUT2D eigenvalue weighted by molar-refractivity contribution is -0.384. The van der Waals surface area contributed by atoms with Gasteiger partial charge in [-0.05, 0) is 12.1 Å². The van der Waals surface area contributed by atoms with E-state index in [-0.39, 0.29) is 17.0 Å². The predicted octanol–water partition coefficient (Wildman–Crippen LogP) is 2.56. The van der Waals surface area contributed by atoms with E-state index in [4.69, 9.17) is 0 Å². The molecule has 2 aromatic carbocycles. The normalized spacial score (nSPS) is 19.7. The van der Waals surface area contributed by atoms with Crippen LogP contribution in [-0.4, -0.2) is 21.7 Å². The third-order valence-corrected chi connectivity index (χ3v) is 3.99. The van der Waals surface area contributed by atoms with E-state index in [1.807, 2.05) is 6.07 Å². The molecule has 2 heterocycles. The topological polar surface area (TPSA) is 117 Å². The zero-order chi connectivity index (χ0) is 16.8. The lowest BCUT2D eigenvalue weighted by atomic mass is 10.0. The van der Waals surface area contributed by atoms with Crippen molar-refractivity contribution in [2.75, 3.05) is 10.6 Å². The van der Waals surface area contributed by atoms with E-state index in [0.717, 1.165) is 5.69 Å². The van der Waals surface area contributed by atoms with Crippen molar-refractivity contribution in [3.05, 3.63) is 69.4 Å². The average molecular weight is 322 g/mol. The van der Waals surface area contributed by atoms with Crippen LogP contribution in [0.1, 0.15) is 11.1 Å². The van der Waals surface area contributed by atoms with Crippen molar-refractivity contribution >= 4 is 34.3 Å². The molecule has 2 aromatic rings. The number of hydrogen-bond donors (Lipinski definition) is 3. The van der Waals surface area contributed by atoms with Crippen LogP contribution in [0.4, 0.5) is 17.1 Å². The molecule has 0 aromatic heterocycles. The van der Waals surface area contributed by atoms with Gasteiger partial charge in [0.25, 0.3) is 11.6 Å². The number of nitrogens with zero attached hydrogens (tertiary/aromatic N) is 2. The maximum absolute atomic E-state index is 12.4. The number of hydrogen-bond acceptors (Lipinski definition) is 6. The number of anilines is 2. The first-order valence-corrected chi connectivity index (χ1v) is 7.03. The summed E-state index contributed by atoms with van der Waals surface area (Å²) in [6.07, 6.45) is 0. The summed E-state index contributed by atoms with van der Waals surface area (Å²) in [5, 5.41) is 29.3. The fourth-order valence-corrected chi connectivity index (χ4v) is 2.93. The number of rotatable bonds is 1. The van der Waals surface area contributed by atoms with Gasteiger partial charge in [-0.15, -0.1) is 0 Å². The molecule has 4 rings (SSSR count). The molecule has 0 spiro atoms. The Balaban J connectivity index is 1.91. The molecule has 2 aliphatic rings. The number of allylic oxidation sites excluding steroid dienone is 1. The van der Waals surface area contributed by atoms with Crippen LogP contribution in [0.25, 0.3) is 5.57 Å². The maximum Gasteiger partial charge on any atom is 0.271 e.